The molecule has 0 aromatic heterocycles. The number of nitrogens with zero attached hydrogens (tertiary/aromatic N) is 2. The van der Waals surface area contributed by atoms with E-state index in [4.69, 9.17) is 9.47 Å². The van der Waals surface area contributed by atoms with Crippen molar-refractivity contribution in [2.45, 2.75) is 102 Å². The maximum Gasteiger partial charge on any atom is 0.410 e. The Morgan fingerprint density at radius 1 is 1.03 bits per heavy atom. The molecule has 3 aliphatic rings. The first-order valence-electron chi connectivity index (χ1n) is 13.0. The first-order chi connectivity index (χ1) is 16.6. The summed E-state index contributed by atoms with van der Waals surface area (Å²) in [4.78, 5) is 28.7. The van der Waals surface area contributed by atoms with Crippen LogP contribution in [0.4, 0.5) is 9.59 Å². The highest BCUT2D eigenvalue weighted by Crippen LogP contribution is 2.42. The Balaban J connectivity index is 1.18. The molecule has 3 fully saturated rings. The second-order valence-corrected chi connectivity index (χ2v) is 11.4. The van der Waals surface area contributed by atoms with Gasteiger partial charge >= 0.3 is 12.2 Å². The van der Waals surface area contributed by atoms with Crippen LogP contribution >= 0.6 is 0 Å². The molecule has 2 unspecified atom stereocenters. The second-order valence-electron chi connectivity index (χ2n) is 11.4. The fourth-order valence-corrected chi connectivity index (χ4v) is 5.72. The van der Waals surface area contributed by atoms with Crippen LogP contribution in [0.1, 0.15) is 71.3 Å². The Kier molecular flexibility index (Phi) is 7.91. The first kappa shape index (κ1) is 25.8. The molecule has 2 atom stereocenters. The second kappa shape index (κ2) is 10.7. The van der Waals surface area contributed by atoms with E-state index in [0.717, 1.165) is 37.8 Å². The van der Waals surface area contributed by atoms with Crippen molar-refractivity contribution in [3.05, 3.63) is 35.9 Å². The molecule has 1 aromatic carbocycles. The standard InChI is InChI=1S/C27H41N3O5/c1-26(2,3)35-24(31)29-15-11-21(12-16-29)28-14-13-27(33)17-22-9-10-23(18-27)30(22)25(32)34-19-20-7-5-4-6-8-20/h4-8,21-23,28,33H,9-19H2,1-3H3. The molecule has 3 saturated heterocycles. The Labute approximate surface area is 208 Å². The number of nitrogens with one attached hydrogen (secondary N) is 1. The summed E-state index contributed by atoms with van der Waals surface area (Å²) in [7, 11) is 0. The molecule has 35 heavy (non-hydrogen) atoms. The summed E-state index contributed by atoms with van der Waals surface area (Å²) in [6.07, 6.45) is 4.96. The summed E-state index contributed by atoms with van der Waals surface area (Å²) in [6.45, 7) is 8.01. The lowest BCUT2D eigenvalue weighted by molar-refractivity contribution is -0.0540. The minimum absolute atomic E-state index is 0.0408. The van der Waals surface area contributed by atoms with Crippen molar-refractivity contribution in [2.75, 3.05) is 19.6 Å². The van der Waals surface area contributed by atoms with Gasteiger partial charge < -0.3 is 29.7 Å². The minimum atomic E-state index is -0.758. The lowest BCUT2D eigenvalue weighted by atomic mass is 9.83. The third kappa shape index (κ3) is 6.88. The van der Waals surface area contributed by atoms with Gasteiger partial charge in [0.1, 0.15) is 12.2 Å². The van der Waals surface area contributed by atoms with Crippen molar-refractivity contribution < 1.29 is 24.2 Å². The quantitative estimate of drug-likeness (QED) is 0.629. The number of piperidine rings is 2. The molecule has 8 heteroatoms. The van der Waals surface area contributed by atoms with Gasteiger partial charge in [-0.1, -0.05) is 30.3 Å². The number of likely N-dealkylation sites (tertiary alicyclic amines) is 1. The third-order valence-corrected chi connectivity index (χ3v) is 7.44. The van der Waals surface area contributed by atoms with E-state index >= 15 is 0 Å². The Bertz CT molecular complexity index is 849. The van der Waals surface area contributed by atoms with Crippen LogP contribution < -0.4 is 5.32 Å². The molecule has 0 spiro atoms. The predicted octanol–water partition coefficient (Wildman–Crippen LogP) is 4.06. The van der Waals surface area contributed by atoms with Crippen LogP contribution in [-0.4, -0.2) is 76.1 Å². The molecule has 2 N–H and O–H groups in total. The van der Waals surface area contributed by atoms with E-state index in [0.29, 0.717) is 38.4 Å². The molecule has 0 radical (unpaired) electrons. The summed E-state index contributed by atoms with van der Waals surface area (Å²) in [5.74, 6) is 0. The minimum Gasteiger partial charge on any atom is -0.445 e. The zero-order valence-corrected chi connectivity index (χ0v) is 21.4. The van der Waals surface area contributed by atoms with Gasteiger partial charge in [0.2, 0.25) is 0 Å². The largest absolute Gasteiger partial charge is 0.445 e. The fraction of sp³-hybridized carbons (Fsp3) is 0.704. The van der Waals surface area contributed by atoms with Gasteiger partial charge in [-0.15, -0.1) is 0 Å². The van der Waals surface area contributed by atoms with E-state index in [1.165, 1.54) is 0 Å². The van der Waals surface area contributed by atoms with E-state index in [9.17, 15) is 14.7 Å². The third-order valence-electron chi connectivity index (χ3n) is 7.44. The number of hydrogen-bond donors (Lipinski definition) is 2. The van der Waals surface area contributed by atoms with Crippen LogP contribution in [0.5, 0.6) is 0 Å². The van der Waals surface area contributed by atoms with E-state index in [1.54, 1.807) is 4.90 Å². The van der Waals surface area contributed by atoms with Gasteiger partial charge in [-0.2, -0.15) is 0 Å². The maximum absolute atomic E-state index is 12.8. The number of benzene rings is 1. The number of carbonyl (C=O) groups is 2. The summed E-state index contributed by atoms with van der Waals surface area (Å²) in [5.41, 5.74) is -0.258. The van der Waals surface area contributed by atoms with Crippen LogP contribution in [0, 0.1) is 0 Å². The zero-order valence-electron chi connectivity index (χ0n) is 21.4. The van der Waals surface area contributed by atoms with Crippen molar-refractivity contribution >= 4 is 12.2 Å². The van der Waals surface area contributed by atoms with Crippen molar-refractivity contribution in [1.29, 1.82) is 0 Å². The zero-order chi connectivity index (χ0) is 25.1. The normalized spacial score (nSPS) is 27.1. The smallest absolute Gasteiger partial charge is 0.410 e. The number of amides is 2. The molecular formula is C27H41N3O5. The van der Waals surface area contributed by atoms with Crippen LogP contribution in [0.25, 0.3) is 0 Å². The Hall–Kier alpha value is -2.32. The SMILES string of the molecule is CC(C)(C)OC(=O)N1CCC(NCCC2(O)CC3CCC(C2)N3C(=O)OCc2ccccc2)CC1. The fourth-order valence-electron chi connectivity index (χ4n) is 5.72. The highest BCUT2D eigenvalue weighted by molar-refractivity contribution is 5.69. The van der Waals surface area contributed by atoms with Crippen molar-refractivity contribution in [1.82, 2.24) is 15.1 Å². The number of carbonyl (C=O) groups excluding carboxylic acids is 2. The first-order valence-corrected chi connectivity index (χ1v) is 13.0. The topological polar surface area (TPSA) is 91.3 Å². The molecule has 2 bridgehead atoms. The average Bonchev–Trinajstić information content (AvgIpc) is 3.09. The summed E-state index contributed by atoms with van der Waals surface area (Å²) in [5, 5.41) is 14.9. The van der Waals surface area contributed by atoms with Crippen LogP contribution in [0.15, 0.2) is 30.3 Å². The summed E-state index contributed by atoms with van der Waals surface area (Å²) >= 11 is 0. The number of rotatable bonds is 6. The molecule has 0 saturated carbocycles. The van der Waals surface area contributed by atoms with Crippen LogP contribution in [0.3, 0.4) is 0 Å². The molecule has 3 aliphatic heterocycles. The monoisotopic (exact) mass is 487 g/mol. The Morgan fingerprint density at radius 3 is 2.26 bits per heavy atom. The lowest BCUT2D eigenvalue weighted by Crippen LogP contribution is -2.54. The Morgan fingerprint density at radius 2 is 1.66 bits per heavy atom. The molecule has 4 rings (SSSR count). The van der Waals surface area contributed by atoms with Crippen molar-refractivity contribution in [3.63, 3.8) is 0 Å². The van der Waals surface area contributed by atoms with Crippen LogP contribution in [-0.2, 0) is 16.1 Å². The molecule has 194 valence electrons. The number of hydrogen-bond acceptors (Lipinski definition) is 6. The van der Waals surface area contributed by atoms with E-state index in [-0.39, 0.29) is 30.9 Å². The maximum atomic E-state index is 12.8. The summed E-state index contributed by atoms with van der Waals surface area (Å²) in [6, 6.07) is 10.1. The van der Waals surface area contributed by atoms with Crippen molar-refractivity contribution in [3.8, 4) is 0 Å². The average molecular weight is 488 g/mol. The molecule has 8 nitrogen and oxygen atoms in total. The van der Waals surface area contributed by atoms with E-state index in [1.807, 2.05) is 56.0 Å². The van der Waals surface area contributed by atoms with Gasteiger partial charge in [0.15, 0.2) is 0 Å². The number of fused-ring (bicyclic) bond motifs is 2. The van der Waals surface area contributed by atoms with Gasteiger partial charge in [0.25, 0.3) is 0 Å². The van der Waals surface area contributed by atoms with Gasteiger partial charge in [0, 0.05) is 31.2 Å². The molecule has 1 aromatic rings. The molecule has 0 aliphatic carbocycles. The van der Waals surface area contributed by atoms with E-state index < -0.39 is 11.2 Å². The van der Waals surface area contributed by atoms with Crippen LogP contribution in [0.2, 0.25) is 0 Å². The van der Waals surface area contributed by atoms with Gasteiger partial charge in [-0.05, 0) is 77.8 Å². The summed E-state index contributed by atoms with van der Waals surface area (Å²) < 4.78 is 11.1. The highest BCUT2D eigenvalue weighted by Gasteiger charge is 2.49. The van der Waals surface area contributed by atoms with E-state index in [2.05, 4.69) is 5.32 Å². The predicted molar refractivity (Wildman–Crippen MR) is 133 cm³/mol. The van der Waals surface area contributed by atoms with Crippen molar-refractivity contribution in [2.24, 2.45) is 0 Å². The molecule has 3 heterocycles. The van der Waals surface area contributed by atoms with Gasteiger partial charge in [-0.3, -0.25) is 0 Å². The van der Waals surface area contributed by atoms with Gasteiger partial charge in [0.05, 0.1) is 5.60 Å². The van der Waals surface area contributed by atoms with Gasteiger partial charge in [-0.25, -0.2) is 9.59 Å². The number of aliphatic hydroxyl groups is 1. The highest BCUT2D eigenvalue weighted by atomic mass is 16.6. The molecular weight excluding hydrogens is 446 g/mol. The lowest BCUT2D eigenvalue weighted by Gasteiger charge is -2.43. The number of ether oxygens (including phenoxy) is 2. The molecule has 2 amide bonds.